The van der Waals surface area contributed by atoms with E-state index in [-0.39, 0.29) is 17.7 Å². The normalized spacial score (nSPS) is 21.1. The van der Waals surface area contributed by atoms with Crippen molar-refractivity contribution in [3.63, 3.8) is 0 Å². The Morgan fingerprint density at radius 3 is 2.67 bits per heavy atom. The molecule has 0 radical (unpaired) electrons. The Balaban J connectivity index is 1.64. The van der Waals surface area contributed by atoms with Crippen LogP contribution in [0, 0.1) is 5.92 Å². The lowest BCUT2D eigenvalue weighted by Gasteiger charge is -2.18. The Labute approximate surface area is 124 Å². The van der Waals surface area contributed by atoms with Crippen molar-refractivity contribution >= 4 is 5.91 Å². The first-order valence-corrected chi connectivity index (χ1v) is 7.27. The van der Waals surface area contributed by atoms with Gasteiger partial charge in [0.15, 0.2) is 0 Å². The van der Waals surface area contributed by atoms with Gasteiger partial charge in [0.05, 0.1) is 5.92 Å². The second-order valence-electron chi connectivity index (χ2n) is 5.36. The maximum Gasteiger partial charge on any atom is 0.225 e. The average Bonchev–Trinajstić information content (AvgIpc) is 3.04. The van der Waals surface area contributed by atoms with Gasteiger partial charge in [0, 0.05) is 37.9 Å². The van der Waals surface area contributed by atoms with Crippen molar-refractivity contribution in [2.24, 2.45) is 5.92 Å². The number of hydrogen-bond acceptors (Lipinski definition) is 3. The number of carbonyl (C=O) groups excluding carboxylic acids is 1. The van der Waals surface area contributed by atoms with Gasteiger partial charge in [-0.05, 0) is 23.3 Å². The Morgan fingerprint density at radius 2 is 1.90 bits per heavy atom. The van der Waals surface area contributed by atoms with Crippen LogP contribution < -0.4 is 10.6 Å². The third kappa shape index (κ3) is 3.28. The van der Waals surface area contributed by atoms with Crippen LogP contribution in [0.2, 0.25) is 0 Å². The van der Waals surface area contributed by atoms with E-state index >= 15 is 0 Å². The van der Waals surface area contributed by atoms with Crippen molar-refractivity contribution in [2.45, 2.75) is 12.5 Å². The van der Waals surface area contributed by atoms with Gasteiger partial charge in [0.25, 0.3) is 0 Å². The Morgan fingerprint density at radius 1 is 1.14 bits per heavy atom. The molecule has 2 atom stereocenters. The molecule has 1 aliphatic heterocycles. The lowest BCUT2D eigenvalue weighted by molar-refractivity contribution is -0.125. The average molecular weight is 281 g/mol. The molecule has 1 fully saturated rings. The van der Waals surface area contributed by atoms with E-state index in [0.29, 0.717) is 6.54 Å². The van der Waals surface area contributed by atoms with Gasteiger partial charge in [0.1, 0.15) is 0 Å². The number of aromatic nitrogens is 1. The molecule has 0 saturated carbocycles. The van der Waals surface area contributed by atoms with E-state index in [9.17, 15) is 4.79 Å². The van der Waals surface area contributed by atoms with E-state index < -0.39 is 0 Å². The maximum atomic E-state index is 12.4. The quantitative estimate of drug-likeness (QED) is 0.897. The largest absolute Gasteiger partial charge is 0.352 e. The first-order valence-electron chi connectivity index (χ1n) is 7.27. The molecule has 1 aromatic heterocycles. The summed E-state index contributed by atoms with van der Waals surface area (Å²) in [7, 11) is 0. The second kappa shape index (κ2) is 6.50. The summed E-state index contributed by atoms with van der Waals surface area (Å²) in [6.45, 7) is 2.15. The number of amides is 1. The van der Waals surface area contributed by atoms with Crippen LogP contribution in [0.3, 0.4) is 0 Å². The fourth-order valence-electron chi connectivity index (χ4n) is 2.83. The zero-order valence-electron chi connectivity index (χ0n) is 11.8. The van der Waals surface area contributed by atoms with Gasteiger partial charge in [-0.25, -0.2) is 0 Å². The first kappa shape index (κ1) is 13.8. The molecule has 0 aliphatic carbocycles. The van der Waals surface area contributed by atoms with Gasteiger partial charge in [-0.2, -0.15) is 0 Å². The molecule has 4 nitrogen and oxygen atoms in total. The Bertz CT molecular complexity index is 585. The van der Waals surface area contributed by atoms with Crippen LogP contribution in [0.15, 0.2) is 54.9 Å². The summed E-state index contributed by atoms with van der Waals surface area (Å²) >= 11 is 0. The minimum Gasteiger partial charge on any atom is -0.352 e. The SMILES string of the molecule is O=C(NCc1ccncc1)[C@H]1CNCC1c1ccccc1. The lowest BCUT2D eigenvalue weighted by atomic mass is 9.88. The minimum absolute atomic E-state index is 0.00534. The molecule has 21 heavy (non-hydrogen) atoms. The summed E-state index contributed by atoms with van der Waals surface area (Å²) in [6.07, 6.45) is 3.48. The summed E-state index contributed by atoms with van der Waals surface area (Å²) in [5.74, 6) is 0.364. The summed E-state index contributed by atoms with van der Waals surface area (Å²) in [6, 6.07) is 14.1. The third-order valence-electron chi connectivity index (χ3n) is 3.99. The van der Waals surface area contributed by atoms with Gasteiger partial charge in [0.2, 0.25) is 5.91 Å². The van der Waals surface area contributed by atoms with Gasteiger partial charge in [-0.15, -0.1) is 0 Å². The first-order chi connectivity index (χ1) is 10.3. The molecule has 2 heterocycles. The molecular weight excluding hydrogens is 262 g/mol. The van der Waals surface area contributed by atoms with Gasteiger partial charge >= 0.3 is 0 Å². The smallest absolute Gasteiger partial charge is 0.225 e. The topological polar surface area (TPSA) is 54.0 Å². The lowest BCUT2D eigenvalue weighted by Crippen LogP contribution is -2.34. The van der Waals surface area contributed by atoms with Crippen LogP contribution in [0.1, 0.15) is 17.0 Å². The molecule has 0 spiro atoms. The van der Waals surface area contributed by atoms with Crippen LogP contribution in [0.4, 0.5) is 0 Å². The molecule has 0 bridgehead atoms. The van der Waals surface area contributed by atoms with Gasteiger partial charge in [-0.3, -0.25) is 9.78 Å². The number of pyridine rings is 1. The molecule has 1 aliphatic rings. The highest BCUT2D eigenvalue weighted by Crippen LogP contribution is 2.28. The van der Waals surface area contributed by atoms with Crippen LogP contribution in [-0.4, -0.2) is 24.0 Å². The fourth-order valence-corrected chi connectivity index (χ4v) is 2.83. The molecule has 1 amide bonds. The fraction of sp³-hybridized carbons (Fsp3) is 0.294. The highest BCUT2D eigenvalue weighted by Gasteiger charge is 2.33. The Kier molecular flexibility index (Phi) is 4.26. The predicted molar refractivity (Wildman–Crippen MR) is 81.6 cm³/mol. The van der Waals surface area contributed by atoms with Crippen LogP contribution in [0.25, 0.3) is 0 Å². The summed E-state index contributed by atoms with van der Waals surface area (Å²) in [5.41, 5.74) is 2.30. The molecule has 1 unspecified atom stereocenters. The van der Waals surface area contributed by atoms with E-state index in [2.05, 4.69) is 27.8 Å². The number of nitrogens with one attached hydrogen (secondary N) is 2. The molecule has 2 aromatic rings. The zero-order valence-corrected chi connectivity index (χ0v) is 11.8. The van der Waals surface area contributed by atoms with Gasteiger partial charge in [-0.1, -0.05) is 30.3 Å². The highest BCUT2D eigenvalue weighted by molar-refractivity contribution is 5.80. The molecule has 3 rings (SSSR count). The van der Waals surface area contributed by atoms with Crippen molar-refractivity contribution in [3.8, 4) is 0 Å². The highest BCUT2D eigenvalue weighted by atomic mass is 16.1. The van der Waals surface area contributed by atoms with E-state index in [1.54, 1.807) is 12.4 Å². The molecule has 2 N–H and O–H groups in total. The van der Waals surface area contributed by atoms with E-state index in [1.165, 1.54) is 5.56 Å². The molecular formula is C17H19N3O. The number of rotatable bonds is 4. The summed E-state index contributed by atoms with van der Waals surface area (Å²) < 4.78 is 0. The van der Waals surface area contributed by atoms with Crippen LogP contribution in [0.5, 0.6) is 0 Å². The van der Waals surface area contributed by atoms with Crippen molar-refractivity contribution < 1.29 is 4.79 Å². The van der Waals surface area contributed by atoms with E-state index in [0.717, 1.165) is 18.7 Å². The molecule has 1 aromatic carbocycles. The summed E-state index contributed by atoms with van der Waals surface area (Å²) in [4.78, 5) is 16.4. The minimum atomic E-state index is -0.00534. The van der Waals surface area contributed by atoms with Crippen molar-refractivity contribution in [2.75, 3.05) is 13.1 Å². The second-order valence-corrected chi connectivity index (χ2v) is 5.36. The van der Waals surface area contributed by atoms with Crippen molar-refractivity contribution in [1.82, 2.24) is 15.6 Å². The number of carbonyl (C=O) groups is 1. The maximum absolute atomic E-state index is 12.4. The van der Waals surface area contributed by atoms with Crippen LogP contribution in [-0.2, 0) is 11.3 Å². The molecule has 108 valence electrons. The number of nitrogens with zero attached hydrogens (tertiary/aromatic N) is 1. The third-order valence-corrected chi connectivity index (χ3v) is 3.99. The van der Waals surface area contributed by atoms with Crippen molar-refractivity contribution in [3.05, 3.63) is 66.0 Å². The van der Waals surface area contributed by atoms with E-state index in [1.807, 2.05) is 30.3 Å². The summed E-state index contributed by atoms with van der Waals surface area (Å²) in [5, 5.41) is 6.36. The predicted octanol–water partition coefficient (Wildman–Crippen LogP) is 1.70. The molecule has 1 saturated heterocycles. The van der Waals surface area contributed by atoms with Gasteiger partial charge < -0.3 is 10.6 Å². The van der Waals surface area contributed by atoms with E-state index in [4.69, 9.17) is 0 Å². The molecule has 4 heteroatoms. The Hall–Kier alpha value is -2.20. The van der Waals surface area contributed by atoms with Crippen molar-refractivity contribution in [1.29, 1.82) is 0 Å². The number of benzene rings is 1. The number of hydrogen-bond donors (Lipinski definition) is 2. The monoisotopic (exact) mass is 281 g/mol. The standard InChI is InChI=1S/C17H19N3O/c21-17(20-10-13-6-8-18-9-7-13)16-12-19-11-15(16)14-4-2-1-3-5-14/h1-9,15-16,19H,10-12H2,(H,20,21)/t15?,16-/m0/s1. The zero-order chi connectivity index (χ0) is 14.5. The van der Waals surface area contributed by atoms with Crippen LogP contribution >= 0.6 is 0 Å².